The first kappa shape index (κ1) is 20.6. The van der Waals surface area contributed by atoms with Crippen molar-refractivity contribution in [3.8, 4) is 5.75 Å². The average molecular weight is 404 g/mol. The van der Waals surface area contributed by atoms with Crippen molar-refractivity contribution in [1.82, 2.24) is 4.31 Å². The molecule has 0 bridgehead atoms. The van der Waals surface area contributed by atoms with E-state index in [-0.39, 0.29) is 5.82 Å². The highest BCUT2D eigenvalue weighted by Gasteiger charge is 2.26. The van der Waals surface area contributed by atoms with Crippen LogP contribution in [0, 0.1) is 25.6 Å². The van der Waals surface area contributed by atoms with Gasteiger partial charge in [-0.3, -0.25) is 0 Å². The molecule has 6 heteroatoms. The number of rotatable bonds is 6. The van der Waals surface area contributed by atoms with Crippen LogP contribution in [0.3, 0.4) is 0 Å². The first-order chi connectivity index (χ1) is 13.3. The second-order valence-corrected chi connectivity index (χ2v) is 9.14. The number of nitrogens with zero attached hydrogens (tertiary/aromatic N) is 1. The SMILES string of the molecule is Cc1ccc(C)c(OCC2CCN(S(=O)(=O)/C=C/c3ccc(F)cc3)CC2)c1. The van der Waals surface area contributed by atoms with Gasteiger partial charge in [-0.15, -0.1) is 0 Å². The van der Waals surface area contributed by atoms with Gasteiger partial charge in [0.05, 0.1) is 6.61 Å². The quantitative estimate of drug-likeness (QED) is 0.712. The zero-order valence-electron chi connectivity index (χ0n) is 16.3. The van der Waals surface area contributed by atoms with Crippen LogP contribution in [0.2, 0.25) is 0 Å². The Labute approximate surface area is 166 Å². The zero-order valence-corrected chi connectivity index (χ0v) is 17.1. The fraction of sp³-hybridized carbons (Fsp3) is 0.364. The molecule has 1 fully saturated rings. The minimum Gasteiger partial charge on any atom is -0.493 e. The molecule has 2 aromatic carbocycles. The molecule has 0 radical (unpaired) electrons. The topological polar surface area (TPSA) is 46.6 Å². The molecular formula is C22H26FNO3S. The Kier molecular flexibility index (Phi) is 6.52. The van der Waals surface area contributed by atoms with Crippen LogP contribution in [-0.2, 0) is 10.0 Å². The predicted octanol–water partition coefficient (Wildman–Crippen LogP) is 4.53. The highest BCUT2D eigenvalue weighted by Crippen LogP contribution is 2.24. The molecule has 0 aliphatic carbocycles. The summed E-state index contributed by atoms with van der Waals surface area (Å²) in [6.07, 6.45) is 3.05. The lowest BCUT2D eigenvalue weighted by atomic mass is 9.99. The largest absolute Gasteiger partial charge is 0.493 e. The molecule has 0 amide bonds. The highest BCUT2D eigenvalue weighted by atomic mass is 32.2. The first-order valence-corrected chi connectivity index (χ1v) is 11.0. The van der Waals surface area contributed by atoms with Gasteiger partial charge in [0.1, 0.15) is 11.6 Å². The first-order valence-electron chi connectivity index (χ1n) is 9.47. The zero-order chi connectivity index (χ0) is 20.1. The molecule has 0 saturated carbocycles. The lowest BCUT2D eigenvalue weighted by Crippen LogP contribution is -2.38. The van der Waals surface area contributed by atoms with Crippen molar-refractivity contribution in [2.45, 2.75) is 26.7 Å². The number of halogens is 1. The summed E-state index contributed by atoms with van der Waals surface area (Å²) in [6, 6.07) is 11.9. The fourth-order valence-corrected chi connectivity index (χ4v) is 4.45. The number of ether oxygens (including phenoxy) is 1. The number of aryl methyl sites for hydroxylation is 2. The van der Waals surface area contributed by atoms with E-state index in [0.717, 1.165) is 29.7 Å². The number of sulfonamides is 1. The van der Waals surface area contributed by atoms with Gasteiger partial charge in [-0.25, -0.2) is 12.8 Å². The van der Waals surface area contributed by atoms with E-state index in [1.807, 2.05) is 26.0 Å². The van der Waals surface area contributed by atoms with Gasteiger partial charge >= 0.3 is 0 Å². The van der Waals surface area contributed by atoms with Crippen LogP contribution >= 0.6 is 0 Å². The molecule has 28 heavy (non-hydrogen) atoms. The Balaban J connectivity index is 1.52. The van der Waals surface area contributed by atoms with Crippen LogP contribution in [0.5, 0.6) is 5.75 Å². The maximum atomic E-state index is 12.9. The maximum Gasteiger partial charge on any atom is 0.236 e. The van der Waals surface area contributed by atoms with Gasteiger partial charge in [-0.05, 0) is 73.6 Å². The summed E-state index contributed by atoms with van der Waals surface area (Å²) in [4.78, 5) is 0. The monoisotopic (exact) mass is 403 g/mol. The Morgan fingerprint density at radius 2 is 1.79 bits per heavy atom. The summed E-state index contributed by atoms with van der Waals surface area (Å²) in [7, 11) is -3.48. The molecule has 3 rings (SSSR count). The lowest BCUT2D eigenvalue weighted by Gasteiger charge is -2.30. The molecule has 150 valence electrons. The molecule has 1 aliphatic rings. The van der Waals surface area contributed by atoms with Crippen LogP contribution in [0.4, 0.5) is 4.39 Å². The van der Waals surface area contributed by atoms with E-state index in [0.29, 0.717) is 31.2 Å². The van der Waals surface area contributed by atoms with E-state index in [4.69, 9.17) is 4.74 Å². The Morgan fingerprint density at radius 3 is 2.46 bits per heavy atom. The lowest BCUT2D eigenvalue weighted by molar-refractivity contribution is 0.185. The van der Waals surface area contributed by atoms with Crippen molar-refractivity contribution in [2.24, 2.45) is 5.92 Å². The molecule has 1 saturated heterocycles. The van der Waals surface area contributed by atoms with Gasteiger partial charge in [0.2, 0.25) is 10.0 Å². The standard InChI is InChI=1S/C22H26FNO3S/c1-17-3-4-18(2)22(15-17)27-16-20-9-12-24(13-10-20)28(25,26)14-11-19-5-7-21(23)8-6-19/h3-8,11,14-15,20H,9-10,12-13,16H2,1-2H3/b14-11+. The van der Waals surface area contributed by atoms with Gasteiger partial charge < -0.3 is 4.74 Å². The minimum absolute atomic E-state index is 0.340. The van der Waals surface area contributed by atoms with Crippen LogP contribution in [0.25, 0.3) is 6.08 Å². The van der Waals surface area contributed by atoms with Gasteiger partial charge in [0, 0.05) is 18.5 Å². The van der Waals surface area contributed by atoms with Gasteiger partial charge in [0.25, 0.3) is 0 Å². The summed E-state index contributed by atoms with van der Waals surface area (Å²) in [5, 5.41) is 1.20. The van der Waals surface area contributed by atoms with E-state index in [1.54, 1.807) is 12.1 Å². The van der Waals surface area contributed by atoms with Crippen LogP contribution in [0.1, 0.15) is 29.5 Å². The second-order valence-electron chi connectivity index (χ2n) is 7.32. The number of benzene rings is 2. The van der Waals surface area contributed by atoms with E-state index in [1.165, 1.54) is 27.9 Å². The predicted molar refractivity (Wildman–Crippen MR) is 110 cm³/mol. The Hall–Kier alpha value is -2.18. The molecule has 1 aliphatic heterocycles. The van der Waals surface area contributed by atoms with E-state index in [9.17, 15) is 12.8 Å². The van der Waals surface area contributed by atoms with E-state index >= 15 is 0 Å². The molecule has 0 atom stereocenters. The Morgan fingerprint density at radius 1 is 1.11 bits per heavy atom. The number of hydrogen-bond acceptors (Lipinski definition) is 3. The van der Waals surface area contributed by atoms with Crippen molar-refractivity contribution in [3.05, 3.63) is 70.4 Å². The average Bonchev–Trinajstić information content (AvgIpc) is 2.68. The third-order valence-corrected chi connectivity index (χ3v) is 6.62. The van der Waals surface area contributed by atoms with Crippen molar-refractivity contribution in [2.75, 3.05) is 19.7 Å². The van der Waals surface area contributed by atoms with Crippen molar-refractivity contribution >= 4 is 16.1 Å². The van der Waals surface area contributed by atoms with Crippen LogP contribution in [0.15, 0.2) is 47.9 Å². The van der Waals surface area contributed by atoms with E-state index < -0.39 is 10.0 Å². The summed E-state index contributed by atoms with van der Waals surface area (Å²) < 4.78 is 45.5. The van der Waals surface area contributed by atoms with Crippen molar-refractivity contribution in [1.29, 1.82) is 0 Å². The normalized spacial score (nSPS) is 16.5. The highest BCUT2D eigenvalue weighted by molar-refractivity contribution is 7.92. The number of hydrogen-bond donors (Lipinski definition) is 0. The summed E-state index contributed by atoms with van der Waals surface area (Å²) in [5.41, 5.74) is 2.92. The summed E-state index contributed by atoms with van der Waals surface area (Å²) in [6.45, 7) is 5.63. The molecule has 0 spiro atoms. The fourth-order valence-electron chi connectivity index (χ4n) is 3.23. The third-order valence-electron chi connectivity index (χ3n) is 5.05. The summed E-state index contributed by atoms with van der Waals surface area (Å²) >= 11 is 0. The molecule has 1 heterocycles. The van der Waals surface area contributed by atoms with E-state index in [2.05, 4.69) is 6.07 Å². The molecule has 0 N–H and O–H groups in total. The Bertz CT molecular complexity index is 931. The summed E-state index contributed by atoms with van der Waals surface area (Å²) in [5.74, 6) is 0.898. The van der Waals surface area contributed by atoms with Gasteiger partial charge in [0.15, 0.2) is 0 Å². The molecule has 0 unspecified atom stereocenters. The number of piperidine rings is 1. The van der Waals surface area contributed by atoms with Gasteiger partial charge in [-0.2, -0.15) is 4.31 Å². The van der Waals surface area contributed by atoms with Crippen molar-refractivity contribution in [3.63, 3.8) is 0 Å². The smallest absolute Gasteiger partial charge is 0.236 e. The molecule has 0 aromatic heterocycles. The van der Waals surface area contributed by atoms with Crippen molar-refractivity contribution < 1.29 is 17.5 Å². The molecule has 2 aromatic rings. The maximum absolute atomic E-state index is 12.9. The minimum atomic E-state index is -3.48. The molecular weight excluding hydrogens is 377 g/mol. The molecule has 4 nitrogen and oxygen atoms in total. The van der Waals surface area contributed by atoms with Crippen LogP contribution in [-0.4, -0.2) is 32.4 Å². The van der Waals surface area contributed by atoms with Crippen LogP contribution < -0.4 is 4.74 Å². The second kappa shape index (κ2) is 8.88. The van der Waals surface area contributed by atoms with Gasteiger partial charge in [-0.1, -0.05) is 24.3 Å². The third kappa shape index (κ3) is 5.42.